The van der Waals surface area contributed by atoms with Gasteiger partial charge in [0, 0.05) is 30.9 Å². The number of Topliss-reactive ketones (excluding diaryl/α,β-unsaturated/α-hetero) is 2. The lowest BCUT2D eigenvalue weighted by Gasteiger charge is -2.05. The van der Waals surface area contributed by atoms with E-state index in [1.54, 1.807) is 6.92 Å². The summed E-state index contributed by atoms with van der Waals surface area (Å²) in [7, 11) is 0. The normalized spacial score (nSPS) is 9.91. The molecule has 0 aromatic heterocycles. The Morgan fingerprint density at radius 2 is 1.68 bits per heavy atom. The van der Waals surface area contributed by atoms with E-state index in [-0.39, 0.29) is 24.5 Å². The van der Waals surface area contributed by atoms with Crippen molar-refractivity contribution >= 4 is 35.4 Å². The number of ketones is 2. The molecule has 0 rings (SSSR count). The van der Waals surface area contributed by atoms with E-state index in [0.29, 0.717) is 36.3 Å². The Morgan fingerprint density at radius 3 is 2.27 bits per heavy atom. The van der Waals surface area contributed by atoms with Crippen molar-refractivity contribution in [1.29, 1.82) is 0 Å². The molecule has 0 heterocycles. The van der Waals surface area contributed by atoms with Crippen LogP contribution in [0.25, 0.3) is 0 Å². The topological polar surface area (TPSA) is 89.5 Å². The van der Waals surface area contributed by atoms with E-state index in [9.17, 15) is 19.2 Å². The SMILES string of the molecule is C=C(C)C(=O)CCCNC(=O)OC(=O)CCSCCC(C)=O. The third kappa shape index (κ3) is 12.1. The molecule has 22 heavy (non-hydrogen) atoms. The first-order valence-electron chi connectivity index (χ1n) is 7.07. The molecular weight excluding hydrogens is 306 g/mol. The van der Waals surface area contributed by atoms with Crippen molar-refractivity contribution in [3.05, 3.63) is 12.2 Å². The summed E-state index contributed by atoms with van der Waals surface area (Å²) in [4.78, 5) is 44.6. The number of thioether (sulfide) groups is 1. The molecule has 0 bridgehead atoms. The highest BCUT2D eigenvalue weighted by Crippen LogP contribution is 2.05. The number of hydrogen-bond acceptors (Lipinski definition) is 6. The van der Waals surface area contributed by atoms with Gasteiger partial charge in [0.05, 0.1) is 6.42 Å². The number of carbonyl (C=O) groups is 4. The predicted octanol–water partition coefficient (Wildman–Crippen LogP) is 2.27. The van der Waals surface area contributed by atoms with Crippen molar-refractivity contribution < 1.29 is 23.9 Å². The highest BCUT2D eigenvalue weighted by molar-refractivity contribution is 7.99. The number of alkyl carbamates (subject to hydrolysis) is 1. The van der Waals surface area contributed by atoms with Crippen molar-refractivity contribution in [2.75, 3.05) is 18.1 Å². The molecule has 0 aromatic rings. The summed E-state index contributed by atoms with van der Waals surface area (Å²) in [5.74, 6) is 0.622. The second kappa shape index (κ2) is 12.0. The first kappa shape index (κ1) is 20.4. The fraction of sp³-hybridized carbons (Fsp3) is 0.600. The minimum absolute atomic E-state index is 0.0474. The molecule has 0 saturated carbocycles. The zero-order valence-corrected chi connectivity index (χ0v) is 13.9. The van der Waals surface area contributed by atoms with Crippen LogP contribution in [-0.2, 0) is 19.1 Å². The maximum absolute atomic E-state index is 11.4. The molecule has 6 nitrogen and oxygen atoms in total. The van der Waals surface area contributed by atoms with Gasteiger partial charge in [-0.05, 0) is 25.8 Å². The average Bonchev–Trinajstić information content (AvgIpc) is 2.42. The Hall–Kier alpha value is -1.63. The van der Waals surface area contributed by atoms with Crippen LogP contribution in [0.5, 0.6) is 0 Å². The standard InChI is InChI=1S/C15H23NO5S/c1-11(2)13(18)5-4-8-16-15(20)21-14(19)7-10-22-9-6-12(3)17/h1,4-10H2,2-3H3,(H,16,20). The largest absolute Gasteiger partial charge is 0.414 e. The zero-order valence-electron chi connectivity index (χ0n) is 13.1. The lowest BCUT2D eigenvalue weighted by molar-refractivity contribution is -0.136. The monoisotopic (exact) mass is 329 g/mol. The van der Waals surface area contributed by atoms with Crippen LogP contribution in [0.4, 0.5) is 4.79 Å². The number of amides is 1. The third-order valence-corrected chi connectivity index (χ3v) is 3.57. The number of esters is 1. The van der Waals surface area contributed by atoms with Crippen molar-refractivity contribution in [3.8, 4) is 0 Å². The maximum atomic E-state index is 11.4. The van der Waals surface area contributed by atoms with Gasteiger partial charge in [-0.2, -0.15) is 11.8 Å². The van der Waals surface area contributed by atoms with Crippen LogP contribution >= 0.6 is 11.8 Å². The summed E-state index contributed by atoms with van der Waals surface area (Å²) in [6.07, 6.45) is 0.556. The van der Waals surface area contributed by atoms with Crippen LogP contribution < -0.4 is 5.32 Å². The van der Waals surface area contributed by atoms with Crippen molar-refractivity contribution in [1.82, 2.24) is 5.32 Å². The Morgan fingerprint density at radius 1 is 1.05 bits per heavy atom. The van der Waals surface area contributed by atoms with Gasteiger partial charge in [-0.15, -0.1) is 0 Å². The minimum atomic E-state index is -0.804. The molecule has 7 heteroatoms. The summed E-state index contributed by atoms with van der Waals surface area (Å²) in [5, 5.41) is 2.41. The van der Waals surface area contributed by atoms with E-state index in [1.165, 1.54) is 18.7 Å². The number of allylic oxidation sites excluding steroid dienone is 1. The second-order valence-electron chi connectivity index (χ2n) is 4.81. The molecule has 0 aromatic carbocycles. The molecule has 0 saturated heterocycles. The van der Waals surface area contributed by atoms with E-state index in [0.717, 1.165) is 0 Å². The van der Waals surface area contributed by atoms with Crippen LogP contribution in [0.3, 0.4) is 0 Å². The van der Waals surface area contributed by atoms with Gasteiger partial charge in [0.15, 0.2) is 5.78 Å². The molecule has 1 N–H and O–H groups in total. The predicted molar refractivity (Wildman–Crippen MR) is 85.8 cm³/mol. The van der Waals surface area contributed by atoms with Gasteiger partial charge in [0.25, 0.3) is 0 Å². The summed E-state index contributed by atoms with van der Waals surface area (Å²) < 4.78 is 4.56. The molecule has 0 radical (unpaired) electrons. The van der Waals surface area contributed by atoms with Gasteiger partial charge in [0.1, 0.15) is 5.78 Å². The molecule has 0 atom stereocenters. The van der Waals surface area contributed by atoms with E-state index >= 15 is 0 Å². The highest BCUT2D eigenvalue weighted by atomic mass is 32.2. The molecule has 124 valence electrons. The van der Waals surface area contributed by atoms with E-state index in [1.807, 2.05) is 0 Å². The van der Waals surface area contributed by atoms with Gasteiger partial charge in [-0.1, -0.05) is 6.58 Å². The minimum Gasteiger partial charge on any atom is -0.376 e. The average molecular weight is 329 g/mol. The Bertz CT molecular complexity index is 434. The van der Waals surface area contributed by atoms with E-state index in [2.05, 4.69) is 16.6 Å². The van der Waals surface area contributed by atoms with Crippen LogP contribution in [0.1, 0.15) is 39.5 Å². The quantitative estimate of drug-likeness (QED) is 0.271. The molecule has 1 amide bonds. The van der Waals surface area contributed by atoms with Gasteiger partial charge >= 0.3 is 12.1 Å². The molecule has 0 aliphatic carbocycles. The number of hydrogen-bond donors (Lipinski definition) is 1. The van der Waals surface area contributed by atoms with Crippen LogP contribution in [-0.4, -0.2) is 41.7 Å². The fourth-order valence-electron chi connectivity index (χ4n) is 1.32. The molecular formula is C15H23NO5S. The second-order valence-corrected chi connectivity index (χ2v) is 6.03. The highest BCUT2D eigenvalue weighted by Gasteiger charge is 2.10. The van der Waals surface area contributed by atoms with E-state index < -0.39 is 12.1 Å². The molecule has 0 aliphatic heterocycles. The fourth-order valence-corrected chi connectivity index (χ4v) is 2.26. The summed E-state index contributed by atoms with van der Waals surface area (Å²) in [6.45, 7) is 6.95. The molecule has 0 fully saturated rings. The Labute approximate surface area is 135 Å². The van der Waals surface area contributed by atoms with E-state index in [4.69, 9.17) is 0 Å². The first-order valence-corrected chi connectivity index (χ1v) is 8.22. The lowest BCUT2D eigenvalue weighted by atomic mass is 10.1. The molecule has 0 aliphatic rings. The van der Waals surface area contributed by atoms with Crippen LogP contribution in [0.15, 0.2) is 12.2 Å². The summed E-state index contributed by atoms with van der Waals surface area (Å²) in [5.41, 5.74) is 0.486. The van der Waals surface area contributed by atoms with Gasteiger partial charge in [-0.3, -0.25) is 14.4 Å². The van der Waals surface area contributed by atoms with Gasteiger partial charge < -0.3 is 10.1 Å². The number of nitrogens with one attached hydrogen (secondary N) is 1. The number of carbonyl (C=O) groups excluding carboxylic acids is 4. The smallest absolute Gasteiger partial charge is 0.376 e. The van der Waals surface area contributed by atoms with Gasteiger partial charge in [-0.25, -0.2) is 4.79 Å². The maximum Gasteiger partial charge on any atom is 0.414 e. The van der Waals surface area contributed by atoms with Crippen molar-refractivity contribution in [2.45, 2.75) is 39.5 Å². The Balaban J connectivity index is 3.61. The number of rotatable bonds is 11. The molecule has 0 spiro atoms. The summed E-state index contributed by atoms with van der Waals surface area (Å²) >= 11 is 1.47. The van der Waals surface area contributed by atoms with Crippen LogP contribution in [0, 0.1) is 0 Å². The lowest BCUT2D eigenvalue weighted by Crippen LogP contribution is -2.28. The first-order chi connectivity index (χ1) is 10.3. The van der Waals surface area contributed by atoms with Crippen molar-refractivity contribution in [2.24, 2.45) is 0 Å². The number of ether oxygens (including phenoxy) is 1. The van der Waals surface area contributed by atoms with Crippen LogP contribution in [0.2, 0.25) is 0 Å². The Kier molecular flexibility index (Phi) is 11.1. The molecule has 0 unspecified atom stereocenters. The van der Waals surface area contributed by atoms with Gasteiger partial charge in [0.2, 0.25) is 0 Å². The third-order valence-electron chi connectivity index (χ3n) is 2.58. The van der Waals surface area contributed by atoms with Crippen molar-refractivity contribution in [3.63, 3.8) is 0 Å². The zero-order chi connectivity index (χ0) is 17.0. The summed E-state index contributed by atoms with van der Waals surface area (Å²) in [6, 6.07) is 0.